The van der Waals surface area contributed by atoms with Crippen molar-refractivity contribution >= 4 is 17.7 Å². The van der Waals surface area contributed by atoms with Gasteiger partial charge in [0.05, 0.1) is 5.25 Å². The molecule has 4 heteroatoms. The monoisotopic (exact) mass is 281 g/mol. The molecule has 0 aliphatic heterocycles. The van der Waals surface area contributed by atoms with E-state index in [0.29, 0.717) is 13.2 Å². The van der Waals surface area contributed by atoms with E-state index in [9.17, 15) is 4.79 Å². The van der Waals surface area contributed by atoms with Gasteiger partial charge in [0.1, 0.15) is 0 Å². The SMILES string of the molecule is CCOCCCNC(=O)C(C)SCc1ccccc1. The van der Waals surface area contributed by atoms with Crippen molar-refractivity contribution < 1.29 is 9.53 Å². The molecular weight excluding hydrogens is 258 g/mol. The first-order valence-corrected chi connectivity index (χ1v) is 7.80. The van der Waals surface area contributed by atoms with Gasteiger partial charge in [0, 0.05) is 25.5 Å². The molecule has 0 fully saturated rings. The number of amides is 1. The van der Waals surface area contributed by atoms with E-state index >= 15 is 0 Å². The van der Waals surface area contributed by atoms with E-state index in [1.165, 1.54) is 5.56 Å². The molecule has 0 heterocycles. The van der Waals surface area contributed by atoms with Crippen LogP contribution in [0, 0.1) is 0 Å². The van der Waals surface area contributed by atoms with Crippen molar-refractivity contribution in [3.63, 3.8) is 0 Å². The molecule has 1 unspecified atom stereocenters. The summed E-state index contributed by atoms with van der Waals surface area (Å²) in [6.45, 7) is 6.06. The third kappa shape index (κ3) is 7.23. The zero-order valence-electron chi connectivity index (χ0n) is 11.7. The first-order valence-electron chi connectivity index (χ1n) is 6.75. The number of nitrogens with one attached hydrogen (secondary N) is 1. The van der Waals surface area contributed by atoms with Crippen molar-refractivity contribution in [2.45, 2.75) is 31.3 Å². The molecule has 1 amide bonds. The third-order valence-corrected chi connectivity index (χ3v) is 3.89. The second-order valence-electron chi connectivity index (χ2n) is 4.28. The summed E-state index contributed by atoms with van der Waals surface area (Å²) in [5, 5.41) is 2.92. The molecule has 19 heavy (non-hydrogen) atoms. The van der Waals surface area contributed by atoms with Crippen LogP contribution >= 0.6 is 11.8 Å². The van der Waals surface area contributed by atoms with Crippen molar-refractivity contribution in [3.05, 3.63) is 35.9 Å². The summed E-state index contributed by atoms with van der Waals surface area (Å²) in [5.41, 5.74) is 1.25. The maximum Gasteiger partial charge on any atom is 0.232 e. The van der Waals surface area contributed by atoms with E-state index in [-0.39, 0.29) is 11.2 Å². The average molecular weight is 281 g/mol. The minimum absolute atomic E-state index is 0.0210. The van der Waals surface area contributed by atoms with E-state index in [2.05, 4.69) is 17.4 Å². The van der Waals surface area contributed by atoms with Gasteiger partial charge >= 0.3 is 0 Å². The number of thioether (sulfide) groups is 1. The molecule has 0 bridgehead atoms. The Kier molecular flexibility index (Phi) is 8.34. The summed E-state index contributed by atoms with van der Waals surface area (Å²) < 4.78 is 5.22. The highest BCUT2D eigenvalue weighted by molar-refractivity contribution is 7.99. The van der Waals surface area contributed by atoms with E-state index in [1.807, 2.05) is 32.0 Å². The van der Waals surface area contributed by atoms with Gasteiger partial charge < -0.3 is 10.1 Å². The minimum atomic E-state index is -0.0210. The Hall–Kier alpha value is -1.00. The highest BCUT2D eigenvalue weighted by atomic mass is 32.2. The van der Waals surface area contributed by atoms with Crippen LogP contribution in [-0.4, -0.2) is 30.9 Å². The summed E-state index contributed by atoms with van der Waals surface area (Å²) in [6, 6.07) is 10.2. The fourth-order valence-electron chi connectivity index (χ4n) is 1.55. The lowest BCUT2D eigenvalue weighted by molar-refractivity contribution is -0.120. The van der Waals surface area contributed by atoms with Crippen LogP contribution in [0.5, 0.6) is 0 Å². The first-order chi connectivity index (χ1) is 9.24. The number of carbonyl (C=O) groups excluding carboxylic acids is 1. The zero-order chi connectivity index (χ0) is 13.9. The van der Waals surface area contributed by atoms with Gasteiger partial charge in [-0.1, -0.05) is 30.3 Å². The van der Waals surface area contributed by atoms with Gasteiger partial charge in [0.25, 0.3) is 0 Å². The van der Waals surface area contributed by atoms with Gasteiger partial charge in [-0.05, 0) is 25.8 Å². The third-order valence-electron chi connectivity index (χ3n) is 2.68. The zero-order valence-corrected chi connectivity index (χ0v) is 12.5. The first kappa shape index (κ1) is 16.1. The fraction of sp³-hybridized carbons (Fsp3) is 0.533. The minimum Gasteiger partial charge on any atom is -0.382 e. The molecule has 0 radical (unpaired) electrons. The van der Waals surface area contributed by atoms with E-state index in [1.54, 1.807) is 11.8 Å². The van der Waals surface area contributed by atoms with Gasteiger partial charge in [-0.25, -0.2) is 0 Å². The van der Waals surface area contributed by atoms with Crippen LogP contribution in [0.15, 0.2) is 30.3 Å². The molecule has 1 aromatic carbocycles. The molecule has 0 aliphatic carbocycles. The van der Waals surface area contributed by atoms with E-state index in [0.717, 1.165) is 18.8 Å². The largest absolute Gasteiger partial charge is 0.382 e. The Morgan fingerprint density at radius 2 is 2.11 bits per heavy atom. The van der Waals surface area contributed by atoms with E-state index < -0.39 is 0 Å². The summed E-state index contributed by atoms with van der Waals surface area (Å²) >= 11 is 1.66. The molecule has 0 aromatic heterocycles. The topological polar surface area (TPSA) is 38.3 Å². The highest BCUT2D eigenvalue weighted by Crippen LogP contribution is 2.17. The van der Waals surface area contributed by atoms with Crippen molar-refractivity contribution in [1.82, 2.24) is 5.32 Å². The van der Waals surface area contributed by atoms with Gasteiger partial charge in [-0.2, -0.15) is 0 Å². The predicted molar refractivity (Wildman–Crippen MR) is 81.3 cm³/mol. The van der Waals surface area contributed by atoms with Crippen LogP contribution in [0.3, 0.4) is 0 Å². The van der Waals surface area contributed by atoms with E-state index in [4.69, 9.17) is 4.74 Å². The van der Waals surface area contributed by atoms with Crippen LogP contribution in [-0.2, 0) is 15.3 Å². The lowest BCUT2D eigenvalue weighted by atomic mass is 10.2. The van der Waals surface area contributed by atoms with Gasteiger partial charge in [-0.15, -0.1) is 11.8 Å². The van der Waals surface area contributed by atoms with Gasteiger partial charge in [-0.3, -0.25) is 4.79 Å². The van der Waals surface area contributed by atoms with Crippen LogP contribution in [0.4, 0.5) is 0 Å². The molecule has 1 N–H and O–H groups in total. The highest BCUT2D eigenvalue weighted by Gasteiger charge is 2.12. The predicted octanol–water partition coefficient (Wildman–Crippen LogP) is 2.85. The number of carbonyl (C=O) groups is 1. The second kappa shape index (κ2) is 9.87. The number of ether oxygens (including phenoxy) is 1. The molecule has 106 valence electrons. The lowest BCUT2D eigenvalue weighted by Crippen LogP contribution is -2.32. The standard InChI is InChI=1S/C15H23NO2S/c1-3-18-11-7-10-16-15(17)13(2)19-12-14-8-5-4-6-9-14/h4-6,8-9,13H,3,7,10-12H2,1-2H3,(H,16,17). The van der Waals surface area contributed by atoms with Crippen molar-refractivity contribution in [2.24, 2.45) is 0 Å². The summed E-state index contributed by atoms with van der Waals surface area (Å²) in [7, 11) is 0. The summed E-state index contributed by atoms with van der Waals surface area (Å²) in [4.78, 5) is 11.8. The van der Waals surface area contributed by atoms with Crippen molar-refractivity contribution in [3.8, 4) is 0 Å². The molecule has 1 aromatic rings. The maximum absolute atomic E-state index is 11.8. The van der Waals surface area contributed by atoms with Crippen LogP contribution < -0.4 is 5.32 Å². The van der Waals surface area contributed by atoms with Gasteiger partial charge in [0.2, 0.25) is 5.91 Å². The number of rotatable bonds is 9. The van der Waals surface area contributed by atoms with Crippen LogP contribution in [0.2, 0.25) is 0 Å². The molecule has 0 saturated carbocycles. The quantitative estimate of drug-likeness (QED) is 0.707. The smallest absolute Gasteiger partial charge is 0.232 e. The normalized spacial score (nSPS) is 12.1. The summed E-state index contributed by atoms with van der Waals surface area (Å²) in [5.74, 6) is 0.978. The maximum atomic E-state index is 11.8. The average Bonchev–Trinajstić information content (AvgIpc) is 2.45. The van der Waals surface area contributed by atoms with Gasteiger partial charge in [0.15, 0.2) is 0 Å². The molecule has 1 atom stereocenters. The molecule has 0 saturated heterocycles. The Bertz CT molecular complexity index is 356. The Balaban J connectivity index is 2.14. The molecule has 3 nitrogen and oxygen atoms in total. The lowest BCUT2D eigenvalue weighted by Gasteiger charge is -2.12. The number of benzene rings is 1. The Morgan fingerprint density at radius 1 is 1.37 bits per heavy atom. The molecule has 1 rings (SSSR count). The van der Waals surface area contributed by atoms with Crippen molar-refractivity contribution in [2.75, 3.05) is 19.8 Å². The fourth-order valence-corrected chi connectivity index (χ4v) is 2.41. The van der Waals surface area contributed by atoms with Crippen LogP contribution in [0.25, 0.3) is 0 Å². The number of hydrogen-bond donors (Lipinski definition) is 1. The van der Waals surface area contributed by atoms with Crippen LogP contribution in [0.1, 0.15) is 25.8 Å². The Labute approximate surface area is 120 Å². The second-order valence-corrected chi connectivity index (χ2v) is 5.61. The Morgan fingerprint density at radius 3 is 2.79 bits per heavy atom. The molecular formula is C15H23NO2S. The van der Waals surface area contributed by atoms with Crippen molar-refractivity contribution in [1.29, 1.82) is 0 Å². The number of hydrogen-bond acceptors (Lipinski definition) is 3. The summed E-state index contributed by atoms with van der Waals surface area (Å²) in [6.07, 6.45) is 0.871. The molecule has 0 spiro atoms. The molecule has 0 aliphatic rings.